The molecule has 3 N–H and O–H groups in total. The van der Waals surface area contributed by atoms with Crippen molar-refractivity contribution in [3.05, 3.63) is 54.4 Å². The van der Waals surface area contributed by atoms with E-state index >= 15 is 0 Å². The van der Waals surface area contributed by atoms with Gasteiger partial charge >= 0.3 is 0 Å². The van der Waals surface area contributed by atoms with Gasteiger partial charge in [0.1, 0.15) is 23.1 Å². The van der Waals surface area contributed by atoms with Crippen LogP contribution in [0.25, 0.3) is 17.2 Å². The van der Waals surface area contributed by atoms with Gasteiger partial charge in [-0.1, -0.05) is 12.6 Å². The van der Waals surface area contributed by atoms with Crippen molar-refractivity contribution in [3.63, 3.8) is 0 Å². The van der Waals surface area contributed by atoms with Crippen LogP contribution in [-0.4, -0.2) is 36.1 Å². The summed E-state index contributed by atoms with van der Waals surface area (Å²) in [5, 5.41) is 7.70. The Morgan fingerprint density at radius 1 is 1.13 bits per heavy atom. The van der Waals surface area contributed by atoms with Crippen molar-refractivity contribution in [2.75, 3.05) is 27.1 Å². The highest BCUT2D eigenvalue weighted by molar-refractivity contribution is 6.16. The number of nitrogens with zero attached hydrogens (tertiary/aromatic N) is 3. The lowest BCUT2D eigenvalue weighted by atomic mass is 10.1. The van der Waals surface area contributed by atoms with Crippen LogP contribution in [0.5, 0.6) is 17.2 Å². The van der Waals surface area contributed by atoms with E-state index in [1.807, 2.05) is 30.3 Å². The standard InChI is InChI=1S/C21H24ClN5O3/c1-13(24-12-14-8-15(28-2)10-16(9-14)29-3)27-21(25-19(11-22)26-27)17-6-5-7-18(30-4)20(17)23/h5-10,24H,1,11-12,23H2,2-4H3. The summed E-state index contributed by atoms with van der Waals surface area (Å²) in [5.41, 5.74) is 8.34. The van der Waals surface area contributed by atoms with Crippen molar-refractivity contribution in [2.45, 2.75) is 12.4 Å². The van der Waals surface area contributed by atoms with E-state index < -0.39 is 0 Å². The number of nitrogens with one attached hydrogen (secondary N) is 1. The number of benzene rings is 2. The number of anilines is 1. The molecule has 0 amide bonds. The number of para-hydroxylation sites is 1. The SMILES string of the molecule is C=C(NCc1cc(OC)cc(OC)c1)n1nc(CCl)nc1-c1cccc(OC)c1N. The summed E-state index contributed by atoms with van der Waals surface area (Å²) in [5.74, 6) is 3.60. The molecule has 0 spiro atoms. The number of rotatable bonds is 9. The molecule has 0 radical (unpaired) electrons. The van der Waals surface area contributed by atoms with Gasteiger partial charge in [-0.25, -0.2) is 4.98 Å². The summed E-state index contributed by atoms with van der Waals surface area (Å²) in [6.45, 7) is 4.57. The Kier molecular flexibility index (Phi) is 6.68. The Labute approximate surface area is 180 Å². The number of hydrogen-bond acceptors (Lipinski definition) is 7. The molecule has 30 heavy (non-hydrogen) atoms. The third kappa shape index (κ3) is 4.44. The molecular formula is C21H24ClN5O3. The van der Waals surface area contributed by atoms with Crippen LogP contribution in [-0.2, 0) is 12.4 Å². The Morgan fingerprint density at radius 3 is 2.43 bits per heavy atom. The lowest BCUT2D eigenvalue weighted by Gasteiger charge is -2.14. The smallest absolute Gasteiger partial charge is 0.167 e. The number of halogens is 1. The predicted molar refractivity (Wildman–Crippen MR) is 118 cm³/mol. The first-order valence-corrected chi connectivity index (χ1v) is 9.64. The summed E-state index contributed by atoms with van der Waals surface area (Å²) in [7, 11) is 4.78. The quantitative estimate of drug-likeness (QED) is 0.397. The first kappa shape index (κ1) is 21.3. The van der Waals surface area contributed by atoms with E-state index in [1.54, 1.807) is 32.1 Å². The Balaban J connectivity index is 1.89. The monoisotopic (exact) mass is 429 g/mol. The predicted octanol–water partition coefficient (Wildman–Crippen LogP) is 3.51. The Bertz CT molecular complexity index is 1030. The van der Waals surface area contributed by atoms with Gasteiger partial charge in [0.15, 0.2) is 11.6 Å². The number of nitrogens with two attached hydrogens (primary N) is 1. The van der Waals surface area contributed by atoms with Crippen molar-refractivity contribution < 1.29 is 14.2 Å². The third-order valence-electron chi connectivity index (χ3n) is 4.46. The molecule has 0 aliphatic rings. The zero-order valence-electron chi connectivity index (χ0n) is 17.1. The minimum absolute atomic E-state index is 0.157. The maximum Gasteiger partial charge on any atom is 0.167 e. The molecule has 0 aliphatic heterocycles. The molecule has 0 saturated carbocycles. The average molecular weight is 430 g/mol. The highest BCUT2D eigenvalue weighted by Gasteiger charge is 2.18. The molecule has 0 fully saturated rings. The number of nitrogen functional groups attached to an aromatic ring is 1. The number of ether oxygens (including phenoxy) is 3. The molecule has 0 bridgehead atoms. The van der Waals surface area contributed by atoms with Crippen molar-refractivity contribution in [3.8, 4) is 28.6 Å². The lowest BCUT2D eigenvalue weighted by molar-refractivity contribution is 0.393. The normalized spacial score (nSPS) is 10.5. The molecule has 0 saturated heterocycles. The van der Waals surface area contributed by atoms with Gasteiger partial charge in [-0.15, -0.1) is 16.7 Å². The van der Waals surface area contributed by atoms with E-state index in [-0.39, 0.29) is 5.88 Å². The molecule has 0 atom stereocenters. The van der Waals surface area contributed by atoms with Crippen molar-refractivity contribution >= 4 is 23.1 Å². The number of hydrogen-bond donors (Lipinski definition) is 2. The number of alkyl halides is 1. The summed E-state index contributed by atoms with van der Waals surface area (Å²) >= 11 is 5.97. The molecule has 158 valence electrons. The van der Waals surface area contributed by atoms with Crippen LogP contribution < -0.4 is 25.3 Å². The van der Waals surface area contributed by atoms with Crippen LogP contribution in [0, 0.1) is 0 Å². The van der Waals surface area contributed by atoms with Crippen LogP contribution in [0.15, 0.2) is 43.0 Å². The van der Waals surface area contributed by atoms with Crippen LogP contribution in [0.1, 0.15) is 11.4 Å². The molecule has 2 aromatic carbocycles. The summed E-state index contributed by atoms with van der Waals surface area (Å²) in [4.78, 5) is 4.51. The van der Waals surface area contributed by atoms with E-state index in [2.05, 4.69) is 22.0 Å². The second-order valence-corrected chi connectivity index (χ2v) is 6.61. The first-order chi connectivity index (χ1) is 14.5. The van der Waals surface area contributed by atoms with E-state index in [0.29, 0.717) is 52.5 Å². The average Bonchev–Trinajstić information content (AvgIpc) is 3.21. The number of methoxy groups -OCH3 is 3. The first-order valence-electron chi connectivity index (χ1n) is 9.10. The molecule has 8 nitrogen and oxygen atoms in total. The second kappa shape index (κ2) is 9.41. The van der Waals surface area contributed by atoms with E-state index in [0.717, 1.165) is 5.56 Å². The van der Waals surface area contributed by atoms with Gasteiger partial charge in [0.25, 0.3) is 0 Å². The maximum atomic E-state index is 6.26. The van der Waals surface area contributed by atoms with Crippen LogP contribution in [0.4, 0.5) is 5.69 Å². The van der Waals surface area contributed by atoms with Gasteiger partial charge in [0, 0.05) is 18.2 Å². The third-order valence-corrected chi connectivity index (χ3v) is 4.70. The molecule has 1 aromatic heterocycles. The van der Waals surface area contributed by atoms with Crippen molar-refractivity contribution in [2.24, 2.45) is 0 Å². The van der Waals surface area contributed by atoms with Gasteiger partial charge in [-0.2, -0.15) is 4.68 Å². The maximum absolute atomic E-state index is 6.26. The van der Waals surface area contributed by atoms with Crippen molar-refractivity contribution in [1.29, 1.82) is 0 Å². The number of aromatic nitrogens is 3. The van der Waals surface area contributed by atoms with E-state index in [1.165, 1.54) is 0 Å². The Hall–Kier alpha value is -3.39. The van der Waals surface area contributed by atoms with Crippen molar-refractivity contribution in [1.82, 2.24) is 20.1 Å². The van der Waals surface area contributed by atoms with E-state index in [4.69, 9.17) is 31.5 Å². The molecule has 3 rings (SSSR count). The minimum Gasteiger partial charge on any atom is -0.497 e. The fourth-order valence-electron chi connectivity index (χ4n) is 2.94. The molecule has 0 aliphatic carbocycles. The topological polar surface area (TPSA) is 96.5 Å². The molecular weight excluding hydrogens is 406 g/mol. The molecule has 3 aromatic rings. The van der Waals surface area contributed by atoms with Gasteiger partial charge in [0.05, 0.1) is 32.9 Å². The fourth-order valence-corrected chi connectivity index (χ4v) is 3.05. The molecule has 1 heterocycles. The van der Waals surface area contributed by atoms with Gasteiger partial charge in [-0.05, 0) is 29.8 Å². The zero-order valence-corrected chi connectivity index (χ0v) is 17.9. The van der Waals surface area contributed by atoms with Gasteiger partial charge < -0.3 is 25.3 Å². The summed E-state index contributed by atoms with van der Waals surface area (Å²) < 4.78 is 17.5. The largest absolute Gasteiger partial charge is 0.497 e. The fraction of sp³-hybridized carbons (Fsp3) is 0.238. The zero-order chi connectivity index (χ0) is 21.7. The van der Waals surface area contributed by atoms with Crippen LogP contribution in [0.2, 0.25) is 0 Å². The van der Waals surface area contributed by atoms with Gasteiger partial charge in [0.2, 0.25) is 0 Å². The highest BCUT2D eigenvalue weighted by Crippen LogP contribution is 2.33. The highest BCUT2D eigenvalue weighted by atomic mass is 35.5. The minimum atomic E-state index is 0.157. The van der Waals surface area contributed by atoms with Gasteiger partial charge in [-0.3, -0.25) is 0 Å². The second-order valence-electron chi connectivity index (χ2n) is 6.34. The summed E-state index contributed by atoms with van der Waals surface area (Å²) in [6, 6.07) is 11.1. The summed E-state index contributed by atoms with van der Waals surface area (Å²) in [6.07, 6.45) is 0. The Morgan fingerprint density at radius 2 is 1.83 bits per heavy atom. The van der Waals surface area contributed by atoms with Crippen LogP contribution in [0.3, 0.4) is 0 Å². The lowest BCUT2D eigenvalue weighted by Crippen LogP contribution is -2.18. The van der Waals surface area contributed by atoms with Crippen LogP contribution >= 0.6 is 11.6 Å². The van der Waals surface area contributed by atoms with E-state index in [9.17, 15) is 0 Å². The molecule has 0 unspecified atom stereocenters. The molecule has 9 heteroatoms.